The van der Waals surface area contributed by atoms with Gasteiger partial charge in [-0.05, 0) is 37.3 Å². The van der Waals surface area contributed by atoms with Crippen molar-refractivity contribution >= 4 is 0 Å². The lowest BCUT2D eigenvalue weighted by Gasteiger charge is -2.41. The molecule has 2 rings (SSSR count). The van der Waals surface area contributed by atoms with Crippen molar-refractivity contribution in [3.63, 3.8) is 0 Å². The molecular weight excluding hydrogens is 196 g/mol. The highest BCUT2D eigenvalue weighted by molar-refractivity contribution is 5.21. The first-order valence-electron chi connectivity index (χ1n) is 6.20. The quantitative estimate of drug-likeness (QED) is 0.795. The molecule has 0 aliphatic heterocycles. The molecule has 1 saturated carbocycles. The number of nitrogens with two attached hydrogens (primary N) is 1. The molecule has 2 heteroatoms. The van der Waals surface area contributed by atoms with Gasteiger partial charge in [-0.25, -0.2) is 0 Å². The van der Waals surface area contributed by atoms with Gasteiger partial charge in [0.1, 0.15) is 0 Å². The number of benzene rings is 1. The molecule has 2 nitrogen and oxygen atoms in total. The van der Waals surface area contributed by atoms with Crippen molar-refractivity contribution < 1.29 is 0 Å². The number of rotatable bonds is 5. The summed E-state index contributed by atoms with van der Waals surface area (Å²) in [6.45, 7) is 4.97. The number of hydrogen-bond acceptors (Lipinski definition) is 2. The van der Waals surface area contributed by atoms with Gasteiger partial charge in [0.15, 0.2) is 0 Å². The van der Waals surface area contributed by atoms with Gasteiger partial charge in [-0.3, -0.25) is 0 Å². The number of hydrogen-bond donors (Lipinski definition) is 2. The molecule has 0 radical (unpaired) electrons. The third-order valence-electron chi connectivity index (χ3n) is 3.80. The Hall–Kier alpha value is -0.860. The lowest BCUT2D eigenvalue weighted by atomic mass is 9.69. The molecule has 1 fully saturated rings. The molecule has 0 saturated heterocycles. The summed E-state index contributed by atoms with van der Waals surface area (Å²) in [5, 5.41) is 3.53. The van der Waals surface area contributed by atoms with E-state index in [4.69, 9.17) is 5.73 Å². The summed E-state index contributed by atoms with van der Waals surface area (Å²) in [6, 6.07) is 8.72. The summed E-state index contributed by atoms with van der Waals surface area (Å²) >= 11 is 0. The summed E-state index contributed by atoms with van der Waals surface area (Å²) < 4.78 is 0. The molecule has 1 aliphatic rings. The van der Waals surface area contributed by atoms with Gasteiger partial charge in [0.25, 0.3) is 0 Å². The maximum atomic E-state index is 5.83. The summed E-state index contributed by atoms with van der Waals surface area (Å²) in [6.07, 6.45) is 3.94. The zero-order valence-electron chi connectivity index (χ0n) is 10.1. The monoisotopic (exact) mass is 218 g/mol. The van der Waals surface area contributed by atoms with Crippen molar-refractivity contribution in [3.05, 3.63) is 35.4 Å². The Kier molecular flexibility index (Phi) is 3.62. The lowest BCUT2D eigenvalue weighted by Crippen LogP contribution is -2.45. The molecule has 0 spiro atoms. The predicted octanol–water partition coefficient (Wildman–Crippen LogP) is 2.21. The Labute approximate surface area is 98.2 Å². The zero-order chi connectivity index (χ0) is 11.4. The van der Waals surface area contributed by atoms with E-state index in [0.29, 0.717) is 5.41 Å². The van der Waals surface area contributed by atoms with Gasteiger partial charge in [0.05, 0.1) is 0 Å². The Morgan fingerprint density at radius 1 is 1.25 bits per heavy atom. The van der Waals surface area contributed by atoms with Crippen LogP contribution < -0.4 is 11.1 Å². The fourth-order valence-corrected chi connectivity index (χ4v) is 2.31. The third-order valence-corrected chi connectivity index (χ3v) is 3.80. The second-order valence-electron chi connectivity index (χ2n) is 5.15. The van der Waals surface area contributed by atoms with E-state index >= 15 is 0 Å². The fraction of sp³-hybridized carbons (Fsp3) is 0.571. The first-order chi connectivity index (χ1) is 7.74. The minimum absolute atomic E-state index is 0.407. The first-order valence-corrected chi connectivity index (χ1v) is 6.20. The van der Waals surface area contributed by atoms with Gasteiger partial charge < -0.3 is 11.1 Å². The van der Waals surface area contributed by atoms with Crippen LogP contribution in [-0.2, 0) is 6.54 Å². The van der Waals surface area contributed by atoms with Crippen LogP contribution in [0.25, 0.3) is 0 Å². The van der Waals surface area contributed by atoms with Crippen molar-refractivity contribution in [2.24, 2.45) is 11.1 Å². The van der Waals surface area contributed by atoms with Crippen LogP contribution in [0.15, 0.2) is 24.3 Å². The van der Waals surface area contributed by atoms with Crippen LogP contribution in [0, 0.1) is 12.3 Å². The van der Waals surface area contributed by atoms with Crippen LogP contribution in [0.3, 0.4) is 0 Å². The SMILES string of the molecule is Cc1ccc(CNCC2(CN)CCC2)cc1. The molecule has 0 bridgehead atoms. The predicted molar refractivity (Wildman–Crippen MR) is 68.2 cm³/mol. The van der Waals surface area contributed by atoms with E-state index in [-0.39, 0.29) is 0 Å². The lowest BCUT2D eigenvalue weighted by molar-refractivity contribution is 0.141. The highest BCUT2D eigenvalue weighted by Crippen LogP contribution is 2.39. The molecule has 1 aromatic rings. The second-order valence-corrected chi connectivity index (χ2v) is 5.15. The van der Waals surface area contributed by atoms with Crippen molar-refractivity contribution in [1.29, 1.82) is 0 Å². The molecule has 3 N–H and O–H groups in total. The van der Waals surface area contributed by atoms with Crippen molar-refractivity contribution in [2.45, 2.75) is 32.7 Å². The van der Waals surface area contributed by atoms with E-state index in [1.807, 2.05) is 0 Å². The average molecular weight is 218 g/mol. The molecule has 0 aromatic heterocycles. The topological polar surface area (TPSA) is 38.0 Å². The van der Waals surface area contributed by atoms with E-state index in [0.717, 1.165) is 19.6 Å². The minimum atomic E-state index is 0.407. The van der Waals surface area contributed by atoms with Crippen LogP contribution in [0.2, 0.25) is 0 Å². The van der Waals surface area contributed by atoms with E-state index in [1.165, 1.54) is 30.4 Å². The van der Waals surface area contributed by atoms with Gasteiger partial charge in [-0.1, -0.05) is 36.2 Å². The van der Waals surface area contributed by atoms with Crippen molar-refractivity contribution in [1.82, 2.24) is 5.32 Å². The van der Waals surface area contributed by atoms with E-state index in [1.54, 1.807) is 0 Å². The number of aryl methyl sites for hydroxylation is 1. The molecule has 0 heterocycles. The largest absolute Gasteiger partial charge is 0.330 e. The molecule has 1 aromatic carbocycles. The van der Waals surface area contributed by atoms with E-state index in [9.17, 15) is 0 Å². The maximum Gasteiger partial charge on any atom is 0.0205 e. The summed E-state index contributed by atoms with van der Waals surface area (Å²) in [5.74, 6) is 0. The molecule has 0 atom stereocenters. The average Bonchev–Trinajstić information content (AvgIpc) is 2.25. The van der Waals surface area contributed by atoms with Crippen LogP contribution in [0.5, 0.6) is 0 Å². The Bertz CT molecular complexity index is 320. The molecule has 1 aliphatic carbocycles. The van der Waals surface area contributed by atoms with Crippen molar-refractivity contribution in [3.8, 4) is 0 Å². The second kappa shape index (κ2) is 4.98. The highest BCUT2D eigenvalue weighted by atomic mass is 14.9. The highest BCUT2D eigenvalue weighted by Gasteiger charge is 2.34. The van der Waals surface area contributed by atoms with Gasteiger partial charge in [0.2, 0.25) is 0 Å². The smallest absolute Gasteiger partial charge is 0.0205 e. The molecular formula is C14H22N2. The maximum absolute atomic E-state index is 5.83. The Balaban J connectivity index is 1.77. The normalized spacial score (nSPS) is 18.1. The zero-order valence-corrected chi connectivity index (χ0v) is 10.1. The molecule has 0 amide bonds. The molecule has 0 unspecified atom stereocenters. The van der Waals surface area contributed by atoms with Crippen molar-refractivity contribution in [2.75, 3.05) is 13.1 Å². The summed E-state index contributed by atoms with van der Waals surface area (Å²) in [5.41, 5.74) is 8.91. The van der Waals surface area contributed by atoms with Gasteiger partial charge >= 0.3 is 0 Å². The Morgan fingerprint density at radius 3 is 2.44 bits per heavy atom. The van der Waals surface area contributed by atoms with Crippen LogP contribution >= 0.6 is 0 Å². The summed E-state index contributed by atoms with van der Waals surface area (Å²) in [4.78, 5) is 0. The molecule has 88 valence electrons. The fourth-order valence-electron chi connectivity index (χ4n) is 2.31. The summed E-state index contributed by atoms with van der Waals surface area (Å²) in [7, 11) is 0. The van der Waals surface area contributed by atoms with E-state index in [2.05, 4.69) is 36.5 Å². The minimum Gasteiger partial charge on any atom is -0.330 e. The van der Waals surface area contributed by atoms with Crippen LogP contribution in [0.1, 0.15) is 30.4 Å². The number of nitrogens with one attached hydrogen (secondary N) is 1. The van der Waals surface area contributed by atoms with Gasteiger partial charge in [-0.2, -0.15) is 0 Å². The molecule has 16 heavy (non-hydrogen) atoms. The van der Waals surface area contributed by atoms with Crippen LogP contribution in [0.4, 0.5) is 0 Å². The van der Waals surface area contributed by atoms with E-state index < -0.39 is 0 Å². The third kappa shape index (κ3) is 2.63. The standard InChI is InChI=1S/C14H22N2/c1-12-3-5-13(6-4-12)9-16-11-14(10-15)7-2-8-14/h3-6,16H,2,7-11,15H2,1H3. The Morgan fingerprint density at radius 2 is 1.94 bits per heavy atom. The van der Waals surface area contributed by atoms with Gasteiger partial charge in [-0.15, -0.1) is 0 Å². The first kappa shape index (κ1) is 11.6. The van der Waals surface area contributed by atoms with Gasteiger partial charge in [0, 0.05) is 13.1 Å². The van der Waals surface area contributed by atoms with Crippen LogP contribution in [-0.4, -0.2) is 13.1 Å².